The van der Waals surface area contributed by atoms with E-state index in [0.717, 1.165) is 40.3 Å². The van der Waals surface area contributed by atoms with Crippen molar-refractivity contribution in [2.24, 2.45) is 0 Å². The third kappa shape index (κ3) is 6.07. The van der Waals surface area contributed by atoms with Gasteiger partial charge in [-0.2, -0.15) is 13.2 Å². The van der Waals surface area contributed by atoms with Gasteiger partial charge in [-0.15, -0.1) is 6.58 Å². The van der Waals surface area contributed by atoms with Crippen LogP contribution in [-0.4, -0.2) is 28.2 Å². The Morgan fingerprint density at radius 2 is 1.97 bits per heavy atom. The van der Waals surface area contributed by atoms with E-state index in [9.17, 15) is 13.2 Å². The number of methoxy groups -OCH3 is 1. The first-order valence-corrected chi connectivity index (χ1v) is 9.75. The van der Waals surface area contributed by atoms with E-state index in [4.69, 9.17) is 4.74 Å². The molecule has 7 heteroatoms. The fourth-order valence-electron chi connectivity index (χ4n) is 2.88. The van der Waals surface area contributed by atoms with Crippen LogP contribution in [0.4, 0.5) is 13.2 Å². The maximum absolute atomic E-state index is 11.5. The molecule has 0 amide bonds. The minimum Gasteiger partial charge on any atom is -0.496 e. The van der Waals surface area contributed by atoms with Crippen molar-refractivity contribution in [3.8, 4) is 16.9 Å². The first-order valence-electron chi connectivity index (χ1n) is 9.75. The molecule has 3 rings (SSSR count). The highest BCUT2D eigenvalue weighted by Gasteiger charge is 2.30. The van der Waals surface area contributed by atoms with E-state index < -0.39 is 11.7 Å². The van der Waals surface area contributed by atoms with Gasteiger partial charge in [-0.3, -0.25) is 0 Å². The lowest BCUT2D eigenvalue weighted by atomic mass is 10.1. The zero-order valence-corrected chi connectivity index (χ0v) is 17.9. The van der Waals surface area contributed by atoms with Gasteiger partial charge in [0, 0.05) is 22.9 Å². The molecule has 0 aliphatic heterocycles. The number of pyridine rings is 1. The fraction of sp³-hybridized carbons (Fsp3) is 0.250. The first kappa shape index (κ1) is 23.9. The molecule has 0 fully saturated rings. The van der Waals surface area contributed by atoms with Crippen molar-refractivity contribution in [2.75, 3.05) is 7.11 Å². The van der Waals surface area contributed by atoms with Crippen LogP contribution in [0.3, 0.4) is 0 Å². The summed E-state index contributed by atoms with van der Waals surface area (Å²) in [6, 6.07) is 10.0. The van der Waals surface area contributed by atoms with E-state index in [-0.39, 0.29) is 6.42 Å². The standard InChI is InChI=1S/C18H19N3O.C6H7F3/c1-4-12(5-2)17-20-15-10-13(11-19-18(15)21-17)14-8-6-7-9-16(14)22-3;1-3-4-5(2)6(7,8)9/h4,6-11H,5H2,1-3H3,(H,19,20,21);3H,1-2,4H2/b12-4+;. The van der Waals surface area contributed by atoms with Gasteiger partial charge < -0.3 is 9.72 Å². The third-order valence-corrected chi connectivity index (χ3v) is 4.58. The van der Waals surface area contributed by atoms with Gasteiger partial charge >= 0.3 is 6.18 Å². The van der Waals surface area contributed by atoms with Crippen molar-refractivity contribution in [1.29, 1.82) is 0 Å². The summed E-state index contributed by atoms with van der Waals surface area (Å²) in [7, 11) is 1.68. The molecular weight excluding hydrogens is 403 g/mol. The average Bonchev–Trinajstić information content (AvgIpc) is 3.17. The Morgan fingerprint density at radius 1 is 1.26 bits per heavy atom. The normalized spacial score (nSPS) is 11.6. The summed E-state index contributed by atoms with van der Waals surface area (Å²) in [5.41, 5.74) is 4.15. The second-order valence-electron chi connectivity index (χ2n) is 6.64. The number of hydrogen-bond acceptors (Lipinski definition) is 3. The van der Waals surface area contributed by atoms with Crippen LogP contribution in [-0.2, 0) is 0 Å². The second-order valence-corrected chi connectivity index (χ2v) is 6.64. The molecule has 0 saturated carbocycles. The summed E-state index contributed by atoms with van der Waals surface area (Å²) >= 11 is 0. The number of halogens is 3. The van der Waals surface area contributed by atoms with Gasteiger partial charge in [-0.1, -0.05) is 43.9 Å². The molecule has 0 unspecified atom stereocenters. The van der Waals surface area contributed by atoms with Crippen LogP contribution in [0.5, 0.6) is 5.75 Å². The molecule has 31 heavy (non-hydrogen) atoms. The molecule has 0 bridgehead atoms. The predicted octanol–water partition coefficient (Wildman–Crippen LogP) is 7.13. The number of nitrogens with one attached hydrogen (secondary N) is 1. The molecule has 1 N–H and O–H groups in total. The number of para-hydroxylation sites is 1. The Labute approximate surface area is 180 Å². The van der Waals surface area contributed by atoms with Crippen LogP contribution in [0.1, 0.15) is 32.5 Å². The number of H-pyrrole nitrogens is 1. The summed E-state index contributed by atoms with van der Waals surface area (Å²) < 4.78 is 39.9. The van der Waals surface area contributed by atoms with Gasteiger partial charge in [0.25, 0.3) is 0 Å². The Kier molecular flexibility index (Phi) is 8.19. The Morgan fingerprint density at radius 3 is 2.52 bits per heavy atom. The molecule has 0 saturated heterocycles. The molecule has 0 atom stereocenters. The Hall–Kier alpha value is -3.35. The quantitative estimate of drug-likeness (QED) is 0.424. The van der Waals surface area contributed by atoms with E-state index in [0.29, 0.717) is 0 Å². The highest BCUT2D eigenvalue weighted by Crippen LogP contribution is 2.31. The number of aromatic amines is 1. The number of fused-ring (bicyclic) bond motifs is 1. The van der Waals surface area contributed by atoms with Gasteiger partial charge in [0.15, 0.2) is 5.65 Å². The number of rotatable bonds is 6. The number of hydrogen-bond donors (Lipinski definition) is 1. The molecule has 2 aromatic heterocycles. The van der Waals surface area contributed by atoms with E-state index in [1.165, 1.54) is 11.6 Å². The number of alkyl halides is 3. The fourth-order valence-corrected chi connectivity index (χ4v) is 2.88. The number of ether oxygens (including phenoxy) is 1. The molecule has 3 aromatic rings. The molecule has 0 radical (unpaired) electrons. The lowest BCUT2D eigenvalue weighted by Crippen LogP contribution is -2.09. The number of allylic oxidation sites excluding steroid dienone is 4. The number of benzene rings is 1. The topological polar surface area (TPSA) is 50.8 Å². The SMILES string of the molecule is C/C=C(\CC)c1nc2ncc(-c3ccccc3OC)cc2[nH]1.C=CCC(=C)C(F)(F)F. The summed E-state index contributed by atoms with van der Waals surface area (Å²) in [5, 5.41) is 0. The average molecular weight is 429 g/mol. The molecule has 2 heterocycles. The van der Waals surface area contributed by atoms with E-state index in [1.54, 1.807) is 7.11 Å². The van der Waals surface area contributed by atoms with E-state index in [1.807, 2.05) is 37.4 Å². The maximum atomic E-state index is 11.5. The van der Waals surface area contributed by atoms with E-state index in [2.05, 4.69) is 47.2 Å². The van der Waals surface area contributed by atoms with Crippen molar-refractivity contribution >= 4 is 16.7 Å². The smallest absolute Gasteiger partial charge is 0.412 e. The van der Waals surface area contributed by atoms with Crippen molar-refractivity contribution < 1.29 is 17.9 Å². The van der Waals surface area contributed by atoms with Crippen LogP contribution in [0.2, 0.25) is 0 Å². The zero-order valence-electron chi connectivity index (χ0n) is 17.9. The van der Waals surface area contributed by atoms with Crippen LogP contribution in [0.15, 0.2) is 67.4 Å². The summed E-state index contributed by atoms with van der Waals surface area (Å²) in [5.74, 6) is 1.73. The molecule has 0 aliphatic carbocycles. The molecule has 1 aromatic carbocycles. The summed E-state index contributed by atoms with van der Waals surface area (Å²) in [6.07, 6.45) is 1.59. The van der Waals surface area contributed by atoms with Crippen LogP contribution in [0, 0.1) is 0 Å². The van der Waals surface area contributed by atoms with Crippen LogP contribution >= 0.6 is 0 Å². The molecular formula is C24H26F3N3O. The molecule has 0 spiro atoms. The molecule has 164 valence electrons. The Bertz CT molecular complexity index is 1080. The lowest BCUT2D eigenvalue weighted by Gasteiger charge is -2.07. The van der Waals surface area contributed by atoms with Crippen LogP contribution < -0.4 is 4.74 Å². The maximum Gasteiger partial charge on any atom is 0.412 e. The number of imidazole rings is 1. The van der Waals surface area contributed by atoms with Gasteiger partial charge in [-0.05, 0) is 37.5 Å². The van der Waals surface area contributed by atoms with Crippen molar-refractivity contribution in [1.82, 2.24) is 15.0 Å². The number of aromatic nitrogens is 3. The molecule has 4 nitrogen and oxygen atoms in total. The Balaban J connectivity index is 0.000000323. The highest BCUT2D eigenvalue weighted by atomic mass is 19.4. The van der Waals surface area contributed by atoms with E-state index >= 15 is 0 Å². The second kappa shape index (κ2) is 10.6. The van der Waals surface area contributed by atoms with Crippen molar-refractivity contribution in [3.05, 3.63) is 73.2 Å². The number of nitrogens with zero attached hydrogens (tertiary/aromatic N) is 2. The van der Waals surface area contributed by atoms with Gasteiger partial charge in [0.2, 0.25) is 0 Å². The third-order valence-electron chi connectivity index (χ3n) is 4.58. The monoisotopic (exact) mass is 429 g/mol. The lowest BCUT2D eigenvalue weighted by molar-refractivity contribution is -0.0924. The predicted molar refractivity (Wildman–Crippen MR) is 120 cm³/mol. The summed E-state index contributed by atoms with van der Waals surface area (Å²) in [6.45, 7) is 10.1. The highest BCUT2D eigenvalue weighted by molar-refractivity contribution is 5.82. The molecule has 0 aliphatic rings. The van der Waals surface area contributed by atoms with Gasteiger partial charge in [-0.25, -0.2) is 9.97 Å². The summed E-state index contributed by atoms with van der Waals surface area (Å²) in [4.78, 5) is 12.4. The van der Waals surface area contributed by atoms with Crippen LogP contribution in [0.25, 0.3) is 27.9 Å². The zero-order chi connectivity index (χ0) is 23.0. The largest absolute Gasteiger partial charge is 0.496 e. The van der Waals surface area contributed by atoms with Gasteiger partial charge in [0.1, 0.15) is 11.6 Å². The van der Waals surface area contributed by atoms with Crippen molar-refractivity contribution in [2.45, 2.75) is 32.9 Å². The first-order chi connectivity index (χ1) is 14.7. The minimum absolute atomic E-state index is 0.191. The van der Waals surface area contributed by atoms with Gasteiger partial charge in [0.05, 0.1) is 12.6 Å². The van der Waals surface area contributed by atoms with Crippen molar-refractivity contribution in [3.63, 3.8) is 0 Å². The minimum atomic E-state index is -4.26.